The molecule has 1 aliphatic rings. The van der Waals surface area contributed by atoms with Gasteiger partial charge in [-0.3, -0.25) is 15.0 Å². The van der Waals surface area contributed by atoms with E-state index in [4.69, 9.17) is 10.6 Å². The first-order valence-corrected chi connectivity index (χ1v) is 8.93. The highest BCUT2D eigenvalue weighted by Gasteiger charge is 2.28. The molecule has 0 aliphatic carbocycles. The summed E-state index contributed by atoms with van der Waals surface area (Å²) in [5.41, 5.74) is 2.75. The predicted molar refractivity (Wildman–Crippen MR) is 95.4 cm³/mol. The molecular weight excluding hydrogens is 374 g/mol. The van der Waals surface area contributed by atoms with Crippen LogP contribution in [0.3, 0.4) is 0 Å². The number of ether oxygens (including phenoxy) is 1. The Morgan fingerprint density at radius 3 is 2.83 bits per heavy atom. The molecule has 1 aromatic rings. The Morgan fingerprint density at radius 2 is 2.21 bits per heavy atom. The number of hydrogen-bond donors (Lipinski definition) is 2. The normalized spacial score (nSPS) is 17.7. The van der Waals surface area contributed by atoms with Crippen molar-refractivity contribution in [3.63, 3.8) is 0 Å². The molecular formula is C17H24BrN3O3. The Bertz CT molecular complexity index is 607. The second-order valence-corrected chi connectivity index (χ2v) is 7.30. The predicted octanol–water partition coefficient (Wildman–Crippen LogP) is 2.33. The summed E-state index contributed by atoms with van der Waals surface area (Å²) in [6.45, 7) is 5.82. The van der Waals surface area contributed by atoms with E-state index in [0.29, 0.717) is 31.2 Å². The van der Waals surface area contributed by atoms with E-state index in [-0.39, 0.29) is 17.7 Å². The van der Waals surface area contributed by atoms with Crippen molar-refractivity contribution in [3.8, 4) is 5.75 Å². The van der Waals surface area contributed by atoms with Crippen LogP contribution in [0.2, 0.25) is 0 Å². The molecule has 0 spiro atoms. The quantitative estimate of drug-likeness (QED) is 0.453. The molecule has 2 rings (SSSR count). The molecule has 6 nitrogen and oxygen atoms in total. The molecule has 0 bridgehead atoms. The van der Waals surface area contributed by atoms with Gasteiger partial charge in [0.05, 0.1) is 17.0 Å². The lowest BCUT2D eigenvalue weighted by Gasteiger charge is -2.31. The number of piperidine rings is 1. The van der Waals surface area contributed by atoms with E-state index in [2.05, 4.69) is 35.2 Å². The molecule has 0 saturated carbocycles. The van der Waals surface area contributed by atoms with Crippen LogP contribution < -0.4 is 16.0 Å². The van der Waals surface area contributed by atoms with Crippen LogP contribution in [0, 0.1) is 11.8 Å². The second kappa shape index (κ2) is 8.48. The van der Waals surface area contributed by atoms with E-state index in [1.165, 1.54) is 0 Å². The highest BCUT2D eigenvalue weighted by Crippen LogP contribution is 2.28. The minimum atomic E-state index is -0.246. The number of nitrogens with zero attached hydrogens (tertiary/aromatic N) is 1. The van der Waals surface area contributed by atoms with Gasteiger partial charge in [-0.15, -0.1) is 0 Å². The number of hydrazine groups is 1. The zero-order valence-electron chi connectivity index (χ0n) is 14.0. The second-order valence-electron chi connectivity index (χ2n) is 6.45. The molecule has 2 amide bonds. The summed E-state index contributed by atoms with van der Waals surface area (Å²) in [5, 5.41) is 0. The molecule has 24 heavy (non-hydrogen) atoms. The average molecular weight is 398 g/mol. The van der Waals surface area contributed by atoms with Crippen molar-refractivity contribution >= 4 is 27.7 Å². The maximum atomic E-state index is 12.7. The lowest BCUT2D eigenvalue weighted by molar-refractivity contribution is -0.126. The Kier molecular flexibility index (Phi) is 6.62. The largest absolute Gasteiger partial charge is 0.492 e. The number of amides is 2. The van der Waals surface area contributed by atoms with Crippen molar-refractivity contribution < 1.29 is 14.3 Å². The number of hydrogen-bond acceptors (Lipinski definition) is 4. The third-order valence-electron chi connectivity index (χ3n) is 3.97. The summed E-state index contributed by atoms with van der Waals surface area (Å²) in [5.74, 6) is 5.80. The first-order chi connectivity index (χ1) is 11.4. The summed E-state index contributed by atoms with van der Waals surface area (Å²) < 4.78 is 6.45. The van der Waals surface area contributed by atoms with Crippen LogP contribution in [0.5, 0.6) is 5.75 Å². The Morgan fingerprint density at radius 1 is 1.46 bits per heavy atom. The maximum absolute atomic E-state index is 12.7. The molecule has 1 unspecified atom stereocenters. The van der Waals surface area contributed by atoms with Crippen LogP contribution in [0.15, 0.2) is 22.7 Å². The fraction of sp³-hybridized carbons (Fsp3) is 0.529. The molecule has 1 saturated heterocycles. The van der Waals surface area contributed by atoms with Gasteiger partial charge in [-0.05, 0) is 52.9 Å². The number of nitrogens with two attached hydrogens (primary N) is 1. The summed E-state index contributed by atoms with van der Waals surface area (Å²) in [6, 6.07) is 5.33. The van der Waals surface area contributed by atoms with Crippen LogP contribution in [0.1, 0.15) is 37.0 Å². The van der Waals surface area contributed by atoms with Crippen LogP contribution in [-0.4, -0.2) is 36.4 Å². The molecule has 0 aromatic heterocycles. The fourth-order valence-corrected chi connectivity index (χ4v) is 3.18. The van der Waals surface area contributed by atoms with Crippen molar-refractivity contribution in [3.05, 3.63) is 28.2 Å². The highest BCUT2D eigenvalue weighted by atomic mass is 79.9. The SMILES string of the molecule is CC(C)COc1ccc(C(=O)N2CCCC(C(=O)NN)C2)cc1Br. The van der Waals surface area contributed by atoms with Gasteiger partial charge in [0.2, 0.25) is 5.91 Å². The molecule has 7 heteroatoms. The summed E-state index contributed by atoms with van der Waals surface area (Å²) >= 11 is 3.46. The molecule has 1 aliphatic heterocycles. The van der Waals surface area contributed by atoms with E-state index in [9.17, 15) is 9.59 Å². The van der Waals surface area contributed by atoms with Crippen molar-refractivity contribution in [1.29, 1.82) is 0 Å². The minimum Gasteiger partial charge on any atom is -0.492 e. The molecule has 1 heterocycles. The molecule has 0 radical (unpaired) electrons. The van der Waals surface area contributed by atoms with Crippen LogP contribution >= 0.6 is 15.9 Å². The van der Waals surface area contributed by atoms with Crippen molar-refractivity contribution in [2.24, 2.45) is 17.7 Å². The number of likely N-dealkylation sites (tertiary alicyclic amines) is 1. The number of carbonyl (C=O) groups is 2. The van der Waals surface area contributed by atoms with Gasteiger partial charge in [-0.1, -0.05) is 13.8 Å². The molecule has 1 aromatic carbocycles. The van der Waals surface area contributed by atoms with Gasteiger partial charge in [0.1, 0.15) is 5.75 Å². The van der Waals surface area contributed by atoms with Crippen LogP contribution in [0.4, 0.5) is 0 Å². The van der Waals surface area contributed by atoms with E-state index >= 15 is 0 Å². The monoisotopic (exact) mass is 397 g/mol. The molecule has 1 atom stereocenters. The van der Waals surface area contributed by atoms with E-state index < -0.39 is 0 Å². The highest BCUT2D eigenvalue weighted by molar-refractivity contribution is 9.10. The summed E-state index contributed by atoms with van der Waals surface area (Å²) in [7, 11) is 0. The summed E-state index contributed by atoms with van der Waals surface area (Å²) in [4.78, 5) is 26.1. The number of carbonyl (C=O) groups excluding carboxylic acids is 2. The number of nitrogens with one attached hydrogen (secondary N) is 1. The fourth-order valence-electron chi connectivity index (χ4n) is 2.68. The average Bonchev–Trinajstić information content (AvgIpc) is 2.59. The van der Waals surface area contributed by atoms with Crippen LogP contribution in [-0.2, 0) is 4.79 Å². The third kappa shape index (κ3) is 4.70. The first-order valence-electron chi connectivity index (χ1n) is 8.14. The zero-order chi connectivity index (χ0) is 17.7. The minimum absolute atomic E-state index is 0.0827. The molecule has 132 valence electrons. The van der Waals surface area contributed by atoms with Crippen molar-refractivity contribution in [1.82, 2.24) is 10.3 Å². The van der Waals surface area contributed by atoms with E-state index in [1.807, 2.05) is 0 Å². The Labute approximate surface area is 150 Å². The van der Waals surface area contributed by atoms with Crippen LogP contribution in [0.25, 0.3) is 0 Å². The lowest BCUT2D eigenvalue weighted by Crippen LogP contribution is -2.47. The number of rotatable bonds is 5. The Balaban J connectivity index is 2.06. The van der Waals surface area contributed by atoms with Gasteiger partial charge in [-0.2, -0.15) is 0 Å². The van der Waals surface area contributed by atoms with Gasteiger partial charge in [-0.25, -0.2) is 5.84 Å². The van der Waals surface area contributed by atoms with Crippen molar-refractivity contribution in [2.75, 3.05) is 19.7 Å². The first kappa shape index (κ1) is 18.7. The lowest BCUT2D eigenvalue weighted by atomic mass is 9.96. The smallest absolute Gasteiger partial charge is 0.253 e. The maximum Gasteiger partial charge on any atom is 0.253 e. The third-order valence-corrected chi connectivity index (χ3v) is 4.59. The molecule has 3 N–H and O–H groups in total. The Hall–Kier alpha value is -1.60. The summed E-state index contributed by atoms with van der Waals surface area (Å²) in [6.07, 6.45) is 1.54. The number of halogens is 1. The van der Waals surface area contributed by atoms with Crippen molar-refractivity contribution in [2.45, 2.75) is 26.7 Å². The zero-order valence-corrected chi connectivity index (χ0v) is 15.6. The van der Waals surface area contributed by atoms with Gasteiger partial charge < -0.3 is 9.64 Å². The van der Waals surface area contributed by atoms with Gasteiger partial charge in [0, 0.05) is 18.7 Å². The van der Waals surface area contributed by atoms with E-state index in [0.717, 1.165) is 23.1 Å². The van der Waals surface area contributed by atoms with Gasteiger partial charge >= 0.3 is 0 Å². The van der Waals surface area contributed by atoms with Gasteiger partial charge in [0.15, 0.2) is 0 Å². The van der Waals surface area contributed by atoms with E-state index in [1.54, 1.807) is 23.1 Å². The number of benzene rings is 1. The topological polar surface area (TPSA) is 84.7 Å². The van der Waals surface area contributed by atoms with Gasteiger partial charge in [0.25, 0.3) is 5.91 Å². The molecule has 1 fully saturated rings. The standard InChI is InChI=1S/C17H24BrN3O3/c1-11(2)10-24-15-6-5-12(8-14(15)18)17(23)21-7-3-4-13(9-21)16(22)20-19/h5-6,8,11,13H,3-4,7,9-10,19H2,1-2H3,(H,20,22).